The third-order valence-electron chi connectivity index (χ3n) is 1.89. The molecule has 0 fully saturated rings. The van der Waals surface area contributed by atoms with Gasteiger partial charge in [0.15, 0.2) is 0 Å². The summed E-state index contributed by atoms with van der Waals surface area (Å²) >= 11 is 3.44. The summed E-state index contributed by atoms with van der Waals surface area (Å²) in [6, 6.07) is 6.06. The van der Waals surface area contributed by atoms with Gasteiger partial charge in [-0.1, -0.05) is 15.9 Å². The minimum Gasteiger partial charge on any atom is -0.496 e. The maximum Gasteiger partial charge on any atom is 0.122 e. The van der Waals surface area contributed by atoms with E-state index in [9.17, 15) is 0 Å². The average molecular weight is 244 g/mol. The molecule has 13 heavy (non-hydrogen) atoms. The number of likely N-dealkylation sites (N-methyl/N-ethyl adjacent to an activating group) is 1. The van der Waals surface area contributed by atoms with Crippen molar-refractivity contribution in [3.8, 4) is 5.75 Å². The molecule has 2 nitrogen and oxygen atoms in total. The number of benzene rings is 1. The predicted octanol–water partition coefficient (Wildman–Crippen LogP) is 2.22. The zero-order chi connectivity index (χ0) is 9.68. The van der Waals surface area contributed by atoms with Crippen molar-refractivity contribution in [1.29, 1.82) is 0 Å². The fourth-order valence-electron chi connectivity index (χ4n) is 1.20. The van der Waals surface area contributed by atoms with Crippen molar-refractivity contribution in [1.82, 2.24) is 5.32 Å². The Bertz CT molecular complexity index is 276. The molecule has 0 bridgehead atoms. The van der Waals surface area contributed by atoms with E-state index in [4.69, 9.17) is 4.74 Å². The van der Waals surface area contributed by atoms with Crippen molar-refractivity contribution >= 4 is 15.9 Å². The number of halogens is 1. The largest absolute Gasteiger partial charge is 0.496 e. The van der Waals surface area contributed by atoms with Gasteiger partial charge in [0.2, 0.25) is 0 Å². The van der Waals surface area contributed by atoms with Crippen LogP contribution in [0.25, 0.3) is 0 Å². The molecule has 72 valence electrons. The molecule has 0 unspecified atom stereocenters. The van der Waals surface area contributed by atoms with Crippen molar-refractivity contribution in [2.24, 2.45) is 0 Å². The normalized spacial score (nSPS) is 10.1. The van der Waals surface area contributed by atoms with E-state index in [1.807, 2.05) is 19.2 Å². The zero-order valence-electron chi connectivity index (χ0n) is 7.93. The highest BCUT2D eigenvalue weighted by molar-refractivity contribution is 9.10. The standard InChI is InChI=1S/C10H14BrNO/c1-12-6-5-8-7-9(11)3-4-10(8)13-2/h3-4,7,12H,5-6H2,1-2H3. The topological polar surface area (TPSA) is 21.3 Å². The number of nitrogens with one attached hydrogen (secondary N) is 1. The molecule has 1 N–H and O–H groups in total. The highest BCUT2D eigenvalue weighted by atomic mass is 79.9. The molecule has 0 aliphatic rings. The lowest BCUT2D eigenvalue weighted by molar-refractivity contribution is 0.409. The first-order valence-electron chi connectivity index (χ1n) is 4.25. The SMILES string of the molecule is CNCCc1cc(Br)ccc1OC. The Hall–Kier alpha value is -0.540. The maximum atomic E-state index is 5.25. The van der Waals surface area contributed by atoms with Gasteiger partial charge in [-0.3, -0.25) is 0 Å². The van der Waals surface area contributed by atoms with Crippen LogP contribution in [0.5, 0.6) is 5.75 Å². The van der Waals surface area contributed by atoms with Gasteiger partial charge in [0.25, 0.3) is 0 Å². The summed E-state index contributed by atoms with van der Waals surface area (Å²) < 4.78 is 6.35. The van der Waals surface area contributed by atoms with Crippen LogP contribution < -0.4 is 10.1 Å². The molecule has 3 heteroatoms. The molecule has 0 saturated heterocycles. The van der Waals surface area contributed by atoms with Gasteiger partial charge in [-0.05, 0) is 43.8 Å². The summed E-state index contributed by atoms with van der Waals surface area (Å²) in [5.41, 5.74) is 1.23. The first-order valence-corrected chi connectivity index (χ1v) is 5.04. The van der Waals surface area contributed by atoms with Gasteiger partial charge in [-0.15, -0.1) is 0 Å². The summed E-state index contributed by atoms with van der Waals surface area (Å²) in [4.78, 5) is 0. The van der Waals surface area contributed by atoms with Crippen LogP contribution in [0.15, 0.2) is 22.7 Å². The molecule has 0 aliphatic heterocycles. The van der Waals surface area contributed by atoms with Crippen molar-refractivity contribution < 1.29 is 4.74 Å². The second kappa shape index (κ2) is 5.25. The Morgan fingerprint density at radius 1 is 1.46 bits per heavy atom. The average Bonchev–Trinajstić information content (AvgIpc) is 2.15. The van der Waals surface area contributed by atoms with Gasteiger partial charge in [0.05, 0.1) is 7.11 Å². The summed E-state index contributed by atoms with van der Waals surface area (Å²) in [6.45, 7) is 0.965. The van der Waals surface area contributed by atoms with Crippen molar-refractivity contribution in [3.63, 3.8) is 0 Å². The van der Waals surface area contributed by atoms with E-state index in [1.54, 1.807) is 7.11 Å². The van der Waals surface area contributed by atoms with E-state index in [-0.39, 0.29) is 0 Å². The fraction of sp³-hybridized carbons (Fsp3) is 0.400. The van der Waals surface area contributed by atoms with Gasteiger partial charge < -0.3 is 10.1 Å². The van der Waals surface area contributed by atoms with Crippen LogP contribution in [0.4, 0.5) is 0 Å². The molecule has 0 amide bonds. The lowest BCUT2D eigenvalue weighted by Crippen LogP contribution is -2.10. The number of ether oxygens (including phenoxy) is 1. The predicted molar refractivity (Wildman–Crippen MR) is 58.3 cm³/mol. The fourth-order valence-corrected chi connectivity index (χ4v) is 1.61. The van der Waals surface area contributed by atoms with Crippen LogP contribution in [-0.4, -0.2) is 20.7 Å². The molecule has 1 aromatic rings. The van der Waals surface area contributed by atoms with E-state index in [0.29, 0.717) is 0 Å². The maximum absolute atomic E-state index is 5.25. The van der Waals surface area contributed by atoms with Gasteiger partial charge in [-0.25, -0.2) is 0 Å². The molecule has 0 radical (unpaired) electrons. The van der Waals surface area contributed by atoms with E-state index in [1.165, 1.54) is 5.56 Å². The van der Waals surface area contributed by atoms with E-state index in [2.05, 4.69) is 27.3 Å². The Balaban J connectivity index is 2.81. The molecule has 0 aliphatic carbocycles. The summed E-state index contributed by atoms with van der Waals surface area (Å²) in [5, 5.41) is 3.12. The molecule has 0 heterocycles. The van der Waals surface area contributed by atoms with Crippen LogP contribution in [-0.2, 0) is 6.42 Å². The van der Waals surface area contributed by atoms with Crippen LogP contribution in [0.1, 0.15) is 5.56 Å². The Labute approximate surface area is 87.4 Å². The molecule has 0 spiro atoms. The molecule has 0 aromatic heterocycles. The first kappa shape index (κ1) is 10.5. The molecule has 0 atom stereocenters. The third kappa shape index (κ3) is 3.01. The number of hydrogen-bond donors (Lipinski definition) is 1. The highest BCUT2D eigenvalue weighted by Crippen LogP contribution is 2.22. The van der Waals surface area contributed by atoms with Gasteiger partial charge in [0, 0.05) is 4.47 Å². The van der Waals surface area contributed by atoms with Crippen molar-refractivity contribution in [2.45, 2.75) is 6.42 Å². The van der Waals surface area contributed by atoms with E-state index < -0.39 is 0 Å². The lowest BCUT2D eigenvalue weighted by Gasteiger charge is -2.08. The highest BCUT2D eigenvalue weighted by Gasteiger charge is 2.02. The van der Waals surface area contributed by atoms with Gasteiger partial charge in [0.1, 0.15) is 5.75 Å². The molecular formula is C10H14BrNO. The van der Waals surface area contributed by atoms with Gasteiger partial charge >= 0.3 is 0 Å². The molecule has 0 saturated carbocycles. The summed E-state index contributed by atoms with van der Waals surface area (Å²) in [7, 11) is 3.65. The summed E-state index contributed by atoms with van der Waals surface area (Å²) in [6.07, 6.45) is 0.985. The molecule has 1 aromatic carbocycles. The first-order chi connectivity index (χ1) is 6.27. The van der Waals surface area contributed by atoms with Crippen LogP contribution in [0.3, 0.4) is 0 Å². The second-order valence-corrected chi connectivity index (χ2v) is 3.73. The number of hydrogen-bond acceptors (Lipinski definition) is 2. The Morgan fingerprint density at radius 2 is 2.23 bits per heavy atom. The van der Waals surface area contributed by atoms with Crippen molar-refractivity contribution in [3.05, 3.63) is 28.2 Å². The summed E-state index contributed by atoms with van der Waals surface area (Å²) in [5.74, 6) is 0.957. The Morgan fingerprint density at radius 3 is 2.85 bits per heavy atom. The smallest absolute Gasteiger partial charge is 0.122 e. The minimum absolute atomic E-state index is 0.957. The van der Waals surface area contributed by atoms with E-state index >= 15 is 0 Å². The minimum atomic E-state index is 0.957. The molecular weight excluding hydrogens is 230 g/mol. The third-order valence-corrected chi connectivity index (χ3v) is 2.38. The van der Waals surface area contributed by atoms with Crippen LogP contribution >= 0.6 is 15.9 Å². The number of rotatable bonds is 4. The van der Waals surface area contributed by atoms with Gasteiger partial charge in [-0.2, -0.15) is 0 Å². The zero-order valence-corrected chi connectivity index (χ0v) is 9.52. The Kier molecular flexibility index (Phi) is 4.25. The van der Waals surface area contributed by atoms with Crippen LogP contribution in [0, 0.1) is 0 Å². The quantitative estimate of drug-likeness (QED) is 0.876. The second-order valence-electron chi connectivity index (χ2n) is 2.81. The monoisotopic (exact) mass is 243 g/mol. The number of methoxy groups -OCH3 is 1. The molecule has 1 rings (SSSR count). The lowest BCUT2D eigenvalue weighted by atomic mass is 10.1. The van der Waals surface area contributed by atoms with Crippen molar-refractivity contribution in [2.75, 3.05) is 20.7 Å². The van der Waals surface area contributed by atoms with E-state index in [0.717, 1.165) is 23.2 Å². The van der Waals surface area contributed by atoms with Crippen LogP contribution in [0.2, 0.25) is 0 Å².